The molecule has 11 heteroatoms. The van der Waals surface area contributed by atoms with E-state index in [1.807, 2.05) is 6.92 Å². The maximum absolute atomic E-state index is 13.6. The number of rotatable bonds is 7. The van der Waals surface area contributed by atoms with Gasteiger partial charge >= 0.3 is 0 Å². The molecular formula is C26H34N2O7S2. The van der Waals surface area contributed by atoms with Crippen LogP contribution in [0.25, 0.3) is 0 Å². The lowest BCUT2D eigenvalue weighted by Crippen LogP contribution is -2.50. The zero-order chi connectivity index (χ0) is 27.4. The predicted octanol–water partition coefficient (Wildman–Crippen LogP) is 2.08. The van der Waals surface area contributed by atoms with Crippen LogP contribution in [0.3, 0.4) is 0 Å². The van der Waals surface area contributed by atoms with Crippen molar-refractivity contribution >= 4 is 20.0 Å². The van der Waals surface area contributed by atoms with Gasteiger partial charge in [0.15, 0.2) is 0 Å². The second kappa shape index (κ2) is 11.9. The number of ether oxygens (including phenoxy) is 2. The maximum atomic E-state index is 13.6. The number of likely N-dealkylation sites (N-methyl/N-ethyl adjacent to an activating group) is 1. The Morgan fingerprint density at radius 2 is 1.92 bits per heavy atom. The van der Waals surface area contributed by atoms with E-state index in [4.69, 9.17) is 9.47 Å². The molecule has 3 rings (SSSR count). The maximum Gasteiger partial charge on any atom is 0.247 e. The van der Waals surface area contributed by atoms with Gasteiger partial charge in [0.1, 0.15) is 23.4 Å². The molecule has 3 atom stereocenters. The van der Waals surface area contributed by atoms with Gasteiger partial charge in [-0.2, -0.15) is 8.61 Å². The fourth-order valence-electron chi connectivity index (χ4n) is 3.97. The molecule has 9 nitrogen and oxygen atoms in total. The average Bonchev–Trinajstić information content (AvgIpc) is 2.86. The number of aliphatic hydroxyl groups excluding tert-OH is 1. The first-order chi connectivity index (χ1) is 17.4. The monoisotopic (exact) mass is 550 g/mol. The number of hydrogen-bond donors (Lipinski definition) is 1. The SMILES string of the molecule is COCC#Cc1ccc2c(c1)O[C@@H](CN(C)S(=O)(=O)c1ccc(C)cc1)[C@@H](C)CN([C@@H](C)CO)S2(=O)=O. The van der Waals surface area contributed by atoms with Gasteiger partial charge in [0.25, 0.3) is 0 Å². The van der Waals surface area contributed by atoms with E-state index in [1.54, 1.807) is 44.2 Å². The highest BCUT2D eigenvalue weighted by Gasteiger charge is 2.39. The standard InChI is InChI=1S/C26H34N2O7S2/c1-19-8-11-23(12-9-19)36(30,31)27(4)17-25-20(2)16-28(21(3)18-29)37(32,33)26-13-10-22(7-6-14-34-5)15-24(26)35-25/h8-13,15,20-21,25,29H,14,16-18H2,1-5H3/t20-,21-,25-/m0/s1. The number of methoxy groups -OCH3 is 1. The molecule has 1 heterocycles. The van der Waals surface area contributed by atoms with Crippen LogP contribution in [0.1, 0.15) is 25.0 Å². The fraction of sp³-hybridized carbons (Fsp3) is 0.462. The Labute approximate surface area is 220 Å². The van der Waals surface area contributed by atoms with Crippen molar-refractivity contribution in [3.8, 4) is 17.6 Å². The molecule has 0 saturated heterocycles. The summed E-state index contributed by atoms with van der Waals surface area (Å²) in [4.78, 5) is 0.0966. The smallest absolute Gasteiger partial charge is 0.247 e. The van der Waals surface area contributed by atoms with Crippen LogP contribution in [0.2, 0.25) is 0 Å². The lowest BCUT2D eigenvalue weighted by molar-refractivity contribution is 0.0904. The molecule has 0 amide bonds. The number of aliphatic hydroxyl groups is 1. The Kier molecular flexibility index (Phi) is 9.39. The molecule has 0 unspecified atom stereocenters. The van der Waals surface area contributed by atoms with Gasteiger partial charge in [0.05, 0.1) is 18.0 Å². The molecule has 1 N–H and O–H groups in total. The van der Waals surface area contributed by atoms with Crippen molar-refractivity contribution in [2.24, 2.45) is 5.92 Å². The zero-order valence-electron chi connectivity index (χ0n) is 21.7. The second-order valence-corrected chi connectivity index (χ2v) is 13.1. The van der Waals surface area contributed by atoms with Gasteiger partial charge in [-0.05, 0) is 44.2 Å². The van der Waals surface area contributed by atoms with Gasteiger partial charge in [-0.15, -0.1) is 0 Å². The summed E-state index contributed by atoms with van der Waals surface area (Å²) in [6.45, 7) is 5.17. The molecule has 0 spiro atoms. The zero-order valence-corrected chi connectivity index (χ0v) is 23.3. The first kappa shape index (κ1) is 29.1. The van der Waals surface area contributed by atoms with E-state index in [-0.39, 0.29) is 41.8 Å². The van der Waals surface area contributed by atoms with Crippen molar-refractivity contribution in [1.82, 2.24) is 8.61 Å². The van der Waals surface area contributed by atoms with Crippen molar-refractivity contribution in [3.63, 3.8) is 0 Å². The Balaban J connectivity index is 2.04. The van der Waals surface area contributed by atoms with Crippen molar-refractivity contribution in [2.45, 2.75) is 42.7 Å². The van der Waals surface area contributed by atoms with Crippen LogP contribution in [-0.4, -0.2) is 83.2 Å². The normalized spacial score (nSPS) is 20.6. The van der Waals surface area contributed by atoms with Crippen LogP contribution >= 0.6 is 0 Å². The van der Waals surface area contributed by atoms with E-state index >= 15 is 0 Å². The third-order valence-corrected chi connectivity index (χ3v) is 10.1. The van der Waals surface area contributed by atoms with Crippen LogP contribution in [0.5, 0.6) is 5.75 Å². The summed E-state index contributed by atoms with van der Waals surface area (Å²) < 4.78 is 67.3. The number of fused-ring (bicyclic) bond motifs is 1. The largest absolute Gasteiger partial charge is 0.487 e. The molecule has 1 aliphatic heterocycles. The highest BCUT2D eigenvalue weighted by Crippen LogP contribution is 2.34. The van der Waals surface area contributed by atoms with Gasteiger partial charge in [0, 0.05) is 38.2 Å². The summed E-state index contributed by atoms with van der Waals surface area (Å²) >= 11 is 0. The van der Waals surface area contributed by atoms with Crippen LogP contribution < -0.4 is 4.74 Å². The van der Waals surface area contributed by atoms with Crippen LogP contribution in [0.4, 0.5) is 0 Å². The van der Waals surface area contributed by atoms with Gasteiger partial charge in [-0.25, -0.2) is 16.8 Å². The number of sulfonamides is 2. The Morgan fingerprint density at radius 3 is 2.54 bits per heavy atom. The van der Waals surface area contributed by atoms with Gasteiger partial charge in [0.2, 0.25) is 20.0 Å². The van der Waals surface area contributed by atoms with Crippen LogP contribution in [0.15, 0.2) is 52.3 Å². The van der Waals surface area contributed by atoms with Crippen molar-refractivity contribution in [3.05, 3.63) is 53.6 Å². The highest BCUT2D eigenvalue weighted by atomic mass is 32.2. The minimum absolute atomic E-state index is 0.0161. The number of benzene rings is 2. The molecule has 0 aromatic heterocycles. The summed E-state index contributed by atoms with van der Waals surface area (Å²) in [6.07, 6.45) is -0.685. The molecule has 0 bridgehead atoms. The molecule has 202 valence electrons. The summed E-state index contributed by atoms with van der Waals surface area (Å²) in [7, 11) is -4.83. The lowest BCUT2D eigenvalue weighted by Gasteiger charge is -2.37. The van der Waals surface area contributed by atoms with Crippen molar-refractivity contribution in [1.29, 1.82) is 0 Å². The minimum atomic E-state index is -4.01. The second-order valence-electron chi connectivity index (χ2n) is 9.23. The number of nitrogens with zero attached hydrogens (tertiary/aromatic N) is 2. The highest BCUT2D eigenvalue weighted by molar-refractivity contribution is 7.89. The number of aryl methyl sites for hydroxylation is 1. The molecule has 0 aliphatic carbocycles. The van der Waals surface area contributed by atoms with Gasteiger partial charge in [-0.3, -0.25) is 0 Å². The first-order valence-electron chi connectivity index (χ1n) is 11.9. The Morgan fingerprint density at radius 1 is 1.24 bits per heavy atom. The molecule has 1 aliphatic rings. The molecule has 37 heavy (non-hydrogen) atoms. The third-order valence-electron chi connectivity index (χ3n) is 6.28. The summed E-state index contributed by atoms with van der Waals surface area (Å²) in [5.74, 6) is 5.41. The molecule has 0 saturated carbocycles. The van der Waals surface area contributed by atoms with E-state index in [2.05, 4.69) is 11.8 Å². The van der Waals surface area contributed by atoms with E-state index in [0.29, 0.717) is 5.56 Å². The predicted molar refractivity (Wildman–Crippen MR) is 140 cm³/mol. The average molecular weight is 551 g/mol. The van der Waals surface area contributed by atoms with Crippen molar-refractivity contribution < 1.29 is 31.4 Å². The topological polar surface area (TPSA) is 113 Å². The quantitative estimate of drug-likeness (QED) is 0.525. The minimum Gasteiger partial charge on any atom is -0.487 e. The Hall–Kier alpha value is -2.46. The number of hydrogen-bond acceptors (Lipinski definition) is 7. The molecule has 2 aromatic carbocycles. The summed E-state index contributed by atoms with van der Waals surface area (Å²) in [5.41, 5.74) is 1.47. The Bertz CT molecular complexity index is 1360. The molecule has 0 radical (unpaired) electrons. The first-order valence-corrected chi connectivity index (χ1v) is 14.7. The summed E-state index contributed by atoms with van der Waals surface area (Å²) in [5, 5.41) is 9.79. The van der Waals surface area contributed by atoms with E-state index in [9.17, 15) is 21.9 Å². The summed E-state index contributed by atoms with van der Waals surface area (Å²) in [6, 6.07) is 10.4. The van der Waals surface area contributed by atoms with Gasteiger partial charge in [-0.1, -0.05) is 36.5 Å². The lowest BCUT2D eigenvalue weighted by atomic mass is 10.0. The molecule has 2 aromatic rings. The van der Waals surface area contributed by atoms with Crippen LogP contribution in [0, 0.1) is 24.7 Å². The van der Waals surface area contributed by atoms with Gasteiger partial charge < -0.3 is 14.6 Å². The van der Waals surface area contributed by atoms with E-state index < -0.39 is 38.1 Å². The fourth-order valence-corrected chi connectivity index (χ4v) is 6.98. The van der Waals surface area contributed by atoms with Crippen LogP contribution in [-0.2, 0) is 24.8 Å². The van der Waals surface area contributed by atoms with Crippen molar-refractivity contribution in [2.75, 3.05) is 40.5 Å². The van der Waals surface area contributed by atoms with E-state index in [1.165, 1.54) is 34.9 Å². The molecule has 0 fully saturated rings. The van der Waals surface area contributed by atoms with E-state index in [0.717, 1.165) is 5.56 Å². The molecular weight excluding hydrogens is 516 g/mol. The third kappa shape index (κ3) is 6.52.